The van der Waals surface area contributed by atoms with E-state index in [2.05, 4.69) is 18.4 Å². The van der Waals surface area contributed by atoms with Gasteiger partial charge in [-0.3, -0.25) is 0 Å². The number of carbonyl (C=O) groups is 2. The minimum absolute atomic E-state index is 0.155. The summed E-state index contributed by atoms with van der Waals surface area (Å²) < 4.78 is 15.8. The Balaban J connectivity index is 1.47. The zero-order chi connectivity index (χ0) is 24.2. The van der Waals surface area contributed by atoms with Gasteiger partial charge in [-0.1, -0.05) is 48.8 Å². The zero-order valence-corrected chi connectivity index (χ0v) is 18.8. The molecular weight excluding hydrogens is 428 g/mol. The van der Waals surface area contributed by atoms with Crippen LogP contribution in [-0.2, 0) is 14.3 Å². The van der Waals surface area contributed by atoms with Gasteiger partial charge in [-0.25, -0.2) is 9.59 Å². The average molecular weight is 453 g/mol. The van der Waals surface area contributed by atoms with E-state index in [1.165, 1.54) is 6.08 Å². The van der Waals surface area contributed by atoms with Crippen molar-refractivity contribution in [3.8, 4) is 23.3 Å². The highest BCUT2D eigenvalue weighted by atomic mass is 16.6. The molecule has 0 saturated carbocycles. The molecule has 0 unspecified atom stereocenters. The monoisotopic (exact) mass is 452 g/mol. The van der Waals surface area contributed by atoms with Gasteiger partial charge in [0.25, 0.3) is 0 Å². The molecule has 3 aromatic carbocycles. The van der Waals surface area contributed by atoms with E-state index in [9.17, 15) is 9.59 Å². The van der Waals surface area contributed by atoms with E-state index >= 15 is 0 Å². The Morgan fingerprint density at radius 2 is 1.41 bits per heavy atom. The first kappa shape index (κ1) is 24.1. The summed E-state index contributed by atoms with van der Waals surface area (Å²) in [6, 6.07) is 23.8. The van der Waals surface area contributed by atoms with E-state index in [1.807, 2.05) is 42.5 Å². The van der Waals surface area contributed by atoms with Crippen molar-refractivity contribution in [3.63, 3.8) is 0 Å². The molecule has 5 heteroatoms. The molecule has 34 heavy (non-hydrogen) atoms. The first-order valence-electron chi connectivity index (χ1n) is 10.6. The molecule has 0 aliphatic heterocycles. The molecule has 0 aliphatic carbocycles. The van der Waals surface area contributed by atoms with E-state index in [4.69, 9.17) is 14.2 Å². The SMILES string of the molecule is C=C(C)C(=O)OCCOc1ccc(C#Cc2ccc(OC(=O)/C=C/c3ccccc3)cc2)cc1. The molecule has 0 bridgehead atoms. The van der Waals surface area contributed by atoms with Gasteiger partial charge in [0.15, 0.2) is 0 Å². The fourth-order valence-corrected chi connectivity index (χ4v) is 2.68. The van der Waals surface area contributed by atoms with Crippen LogP contribution in [0.2, 0.25) is 0 Å². The molecule has 0 fully saturated rings. The van der Waals surface area contributed by atoms with Crippen LogP contribution in [0.4, 0.5) is 0 Å². The highest BCUT2D eigenvalue weighted by Crippen LogP contribution is 2.14. The molecule has 0 amide bonds. The van der Waals surface area contributed by atoms with Gasteiger partial charge in [0, 0.05) is 22.8 Å². The fraction of sp³-hybridized carbons (Fsp3) is 0.103. The Hall–Kier alpha value is -4.56. The Labute approximate surface area is 199 Å². The third kappa shape index (κ3) is 8.18. The van der Waals surface area contributed by atoms with Crippen LogP contribution in [0.15, 0.2) is 97.1 Å². The van der Waals surface area contributed by atoms with Crippen molar-refractivity contribution in [2.45, 2.75) is 6.92 Å². The van der Waals surface area contributed by atoms with Gasteiger partial charge in [-0.05, 0) is 67.1 Å². The van der Waals surface area contributed by atoms with Crippen molar-refractivity contribution in [3.05, 3.63) is 114 Å². The van der Waals surface area contributed by atoms with E-state index in [1.54, 1.807) is 49.4 Å². The minimum atomic E-state index is -0.445. The van der Waals surface area contributed by atoms with Crippen LogP contribution in [-0.4, -0.2) is 25.2 Å². The Morgan fingerprint density at radius 3 is 2.00 bits per heavy atom. The second-order valence-corrected chi connectivity index (χ2v) is 7.23. The summed E-state index contributed by atoms with van der Waals surface area (Å²) >= 11 is 0. The number of hydrogen-bond donors (Lipinski definition) is 0. The highest BCUT2D eigenvalue weighted by Gasteiger charge is 2.03. The van der Waals surface area contributed by atoms with E-state index in [0.29, 0.717) is 17.1 Å². The maximum absolute atomic E-state index is 12.0. The van der Waals surface area contributed by atoms with Gasteiger partial charge in [-0.2, -0.15) is 0 Å². The standard InChI is InChI=1S/C29H24O5/c1-22(2)29(31)33-21-20-32-26-15-10-24(11-16-26)8-9-25-12-17-27(18-13-25)34-28(30)19-14-23-6-4-3-5-7-23/h3-7,10-19H,1,20-21H2,2H3/b19-14+. The summed E-state index contributed by atoms with van der Waals surface area (Å²) in [6.45, 7) is 5.53. The van der Waals surface area contributed by atoms with Gasteiger partial charge in [-0.15, -0.1) is 0 Å². The normalized spacial score (nSPS) is 10.1. The van der Waals surface area contributed by atoms with Crippen LogP contribution in [0.3, 0.4) is 0 Å². The predicted molar refractivity (Wildman–Crippen MR) is 131 cm³/mol. The van der Waals surface area contributed by atoms with E-state index in [-0.39, 0.29) is 13.2 Å². The van der Waals surface area contributed by atoms with Crippen molar-refractivity contribution in [1.82, 2.24) is 0 Å². The lowest BCUT2D eigenvalue weighted by Crippen LogP contribution is -2.12. The summed E-state index contributed by atoms with van der Waals surface area (Å²) in [5.74, 6) is 6.38. The number of rotatable bonds is 8. The number of ether oxygens (including phenoxy) is 3. The van der Waals surface area contributed by atoms with Crippen molar-refractivity contribution >= 4 is 18.0 Å². The molecule has 0 aliphatic rings. The number of esters is 2. The van der Waals surface area contributed by atoms with Gasteiger partial charge in [0.05, 0.1) is 0 Å². The van der Waals surface area contributed by atoms with Gasteiger partial charge >= 0.3 is 11.9 Å². The second kappa shape index (κ2) is 12.5. The number of carbonyl (C=O) groups excluding carboxylic acids is 2. The molecule has 0 atom stereocenters. The molecule has 3 rings (SSSR count). The average Bonchev–Trinajstić information content (AvgIpc) is 2.86. The van der Waals surface area contributed by atoms with E-state index in [0.717, 1.165) is 16.7 Å². The second-order valence-electron chi connectivity index (χ2n) is 7.23. The Kier molecular flexibility index (Phi) is 8.84. The number of hydrogen-bond acceptors (Lipinski definition) is 5. The zero-order valence-electron chi connectivity index (χ0n) is 18.8. The maximum atomic E-state index is 12.0. The summed E-state index contributed by atoms with van der Waals surface area (Å²) in [5, 5.41) is 0. The lowest BCUT2D eigenvalue weighted by molar-refractivity contribution is -0.139. The van der Waals surface area contributed by atoms with Crippen LogP contribution >= 0.6 is 0 Å². The van der Waals surface area contributed by atoms with Crippen LogP contribution < -0.4 is 9.47 Å². The van der Waals surface area contributed by atoms with Crippen molar-refractivity contribution in [2.75, 3.05) is 13.2 Å². The molecule has 0 radical (unpaired) electrons. The van der Waals surface area contributed by atoms with Crippen LogP contribution in [0.5, 0.6) is 11.5 Å². The third-order valence-corrected chi connectivity index (χ3v) is 4.42. The molecule has 5 nitrogen and oxygen atoms in total. The summed E-state index contributed by atoms with van der Waals surface area (Å²) in [4.78, 5) is 23.3. The van der Waals surface area contributed by atoms with Crippen LogP contribution in [0.1, 0.15) is 23.6 Å². The summed E-state index contributed by atoms with van der Waals surface area (Å²) in [6.07, 6.45) is 3.10. The molecular formula is C29H24O5. The lowest BCUT2D eigenvalue weighted by atomic mass is 10.2. The molecule has 0 spiro atoms. The lowest BCUT2D eigenvalue weighted by Gasteiger charge is -2.07. The summed E-state index contributed by atoms with van der Waals surface area (Å²) in [5.41, 5.74) is 2.89. The fourth-order valence-electron chi connectivity index (χ4n) is 2.68. The van der Waals surface area contributed by atoms with Gasteiger partial charge in [0.1, 0.15) is 24.7 Å². The Morgan fingerprint density at radius 1 is 0.824 bits per heavy atom. The molecule has 0 saturated heterocycles. The molecule has 0 N–H and O–H groups in total. The van der Waals surface area contributed by atoms with Crippen molar-refractivity contribution in [2.24, 2.45) is 0 Å². The van der Waals surface area contributed by atoms with Crippen molar-refractivity contribution < 1.29 is 23.8 Å². The first-order valence-corrected chi connectivity index (χ1v) is 10.6. The third-order valence-electron chi connectivity index (χ3n) is 4.42. The van der Waals surface area contributed by atoms with Crippen molar-refractivity contribution in [1.29, 1.82) is 0 Å². The van der Waals surface area contributed by atoms with Gasteiger partial charge in [0.2, 0.25) is 0 Å². The molecule has 3 aromatic rings. The number of benzene rings is 3. The first-order chi connectivity index (χ1) is 16.5. The maximum Gasteiger partial charge on any atom is 0.336 e. The quantitative estimate of drug-likeness (QED) is 0.155. The van der Waals surface area contributed by atoms with Gasteiger partial charge < -0.3 is 14.2 Å². The molecule has 0 heterocycles. The predicted octanol–water partition coefficient (Wildman–Crippen LogP) is 5.20. The topological polar surface area (TPSA) is 61.8 Å². The van der Waals surface area contributed by atoms with Crippen LogP contribution in [0, 0.1) is 11.8 Å². The largest absolute Gasteiger partial charge is 0.490 e. The molecule has 170 valence electrons. The van der Waals surface area contributed by atoms with E-state index < -0.39 is 11.9 Å². The summed E-state index contributed by atoms with van der Waals surface area (Å²) in [7, 11) is 0. The minimum Gasteiger partial charge on any atom is -0.490 e. The Bertz CT molecular complexity index is 1210. The highest BCUT2D eigenvalue weighted by molar-refractivity contribution is 5.88. The van der Waals surface area contributed by atoms with Crippen LogP contribution in [0.25, 0.3) is 6.08 Å². The smallest absolute Gasteiger partial charge is 0.336 e. The molecule has 0 aromatic heterocycles.